The minimum absolute atomic E-state index is 0. The molecule has 2 aromatic heterocycles. The molecule has 2 aromatic carbocycles. The highest BCUT2D eigenvalue weighted by Crippen LogP contribution is 2.30. The Labute approximate surface area is 596 Å². The number of hydrogen-bond donors (Lipinski definition) is 4. The van der Waals surface area contributed by atoms with Crippen molar-refractivity contribution >= 4 is 160 Å². The molecule has 8 rings (SSSR count). The van der Waals surface area contributed by atoms with Crippen molar-refractivity contribution in [3.05, 3.63) is 92.3 Å². The average Bonchev–Trinajstić information content (AvgIpc) is 1.19. The van der Waals surface area contributed by atoms with Gasteiger partial charge in [0, 0.05) is 39.3 Å². The molecule has 0 saturated carbocycles. The number of esters is 4. The van der Waals surface area contributed by atoms with E-state index >= 15 is 0 Å². The van der Waals surface area contributed by atoms with Crippen molar-refractivity contribution < 1.29 is 96.1 Å². The number of methoxy groups -OCH3 is 1. The van der Waals surface area contributed by atoms with E-state index in [-0.39, 0.29) is 97.9 Å². The number of carbonyl (C=O) groups excluding carboxylic acids is 10. The minimum atomic E-state index is -2.03. The van der Waals surface area contributed by atoms with Gasteiger partial charge in [0.15, 0.2) is 10.3 Å². The molecule has 0 bridgehead atoms. The van der Waals surface area contributed by atoms with E-state index in [2.05, 4.69) is 35.4 Å². The third-order valence-electron chi connectivity index (χ3n) is 13.7. The maximum absolute atomic E-state index is 12.6. The predicted octanol–water partition coefficient (Wildman–Crippen LogP) is 11.6. The van der Waals surface area contributed by atoms with E-state index in [0.29, 0.717) is 116 Å². The molecule has 4 aliphatic heterocycles. The number of phenolic OH excluding ortho intramolecular Hbond substituents is 1. The number of aromatic nitrogens is 2. The number of thiazole rings is 2. The molecule has 98 heavy (non-hydrogen) atoms. The first-order valence-corrected chi connectivity index (χ1v) is 33.3. The lowest BCUT2D eigenvalue weighted by Gasteiger charge is -2.30. The van der Waals surface area contributed by atoms with Crippen LogP contribution in [-0.4, -0.2) is 188 Å². The van der Waals surface area contributed by atoms with Crippen molar-refractivity contribution in [1.82, 2.24) is 30.0 Å². The van der Waals surface area contributed by atoms with Gasteiger partial charge in [-0.05, 0) is 197 Å². The molecule has 4 saturated heterocycles. The predicted molar refractivity (Wildman–Crippen MR) is 362 cm³/mol. The number of alkyl halides is 3. The van der Waals surface area contributed by atoms with Gasteiger partial charge in [-0.25, -0.2) is 19.6 Å². The van der Waals surface area contributed by atoms with E-state index in [1.54, 1.807) is 45.0 Å². The Bertz CT molecular complexity index is 3210. The van der Waals surface area contributed by atoms with E-state index in [1.807, 2.05) is 6.92 Å². The maximum Gasteiger partial charge on any atom is 0.511 e. The molecule has 4 aliphatic rings. The van der Waals surface area contributed by atoms with Crippen LogP contribution < -0.4 is 20.7 Å². The van der Waals surface area contributed by atoms with Crippen molar-refractivity contribution in [3.63, 3.8) is 0 Å². The summed E-state index contributed by atoms with van der Waals surface area (Å²) in [5.41, 5.74) is 0.158. The lowest BCUT2D eigenvalue weighted by molar-refractivity contribution is -0.380. The number of nitrogens with zero attached hydrogens (tertiary/aromatic N) is 7. The van der Waals surface area contributed by atoms with E-state index in [4.69, 9.17) is 81.7 Å². The molecule has 0 spiro atoms. The van der Waals surface area contributed by atoms with Gasteiger partial charge in [0.2, 0.25) is 0 Å². The summed E-state index contributed by atoms with van der Waals surface area (Å²) >= 11 is 27.1. The van der Waals surface area contributed by atoms with Crippen LogP contribution in [0.15, 0.2) is 60.9 Å². The van der Waals surface area contributed by atoms with Crippen molar-refractivity contribution in [1.29, 1.82) is 0 Å². The molecule has 6 heterocycles. The first-order valence-electron chi connectivity index (χ1n) is 29.8. The summed E-state index contributed by atoms with van der Waals surface area (Å²) in [7, 11) is 1.11. The van der Waals surface area contributed by atoms with E-state index < -0.39 is 48.6 Å². The number of hydrogen-bond acceptors (Lipinski definition) is 27. The van der Waals surface area contributed by atoms with Crippen LogP contribution >= 0.6 is 80.7 Å². The third-order valence-corrected chi connectivity index (χ3v) is 16.1. The van der Waals surface area contributed by atoms with Crippen LogP contribution in [0.2, 0.25) is 0 Å². The van der Waals surface area contributed by atoms with Crippen LogP contribution in [0.25, 0.3) is 0 Å². The smallest absolute Gasteiger partial charge is 0.507 e. The fourth-order valence-corrected chi connectivity index (χ4v) is 10.6. The number of amides is 5. The number of aromatic hydroxyl groups is 1. The van der Waals surface area contributed by atoms with Gasteiger partial charge in [-0.1, -0.05) is 31.7 Å². The topological polar surface area (TPSA) is 413 Å². The van der Waals surface area contributed by atoms with Crippen LogP contribution in [-0.2, 0) is 47.6 Å². The SMILES string of the molecule is C.CCOC(=O)C1CCN(C(=O)Cl)CC1.CCOC(=O)C1CCN(C(=O)Cl)CC1.CCOC(=O)C1CCN(C(=O)Oc2ccccc2C(=O)Nc2ncc([N+](=O)[O-])s2)CC1.CCOC(=O)C1CCNCC1.COC(=O)OC(Cl)(Cl)Cl.O=C(Nc1ncc([N+](=O)[O-])s1)c1ccccc1O. The lowest BCUT2D eigenvalue weighted by atomic mass is 9.97. The van der Waals surface area contributed by atoms with Gasteiger partial charge < -0.3 is 58.3 Å². The van der Waals surface area contributed by atoms with Gasteiger partial charge in [-0.15, -0.1) is 0 Å². The number of piperidine rings is 4. The van der Waals surface area contributed by atoms with Crippen molar-refractivity contribution in [2.75, 3.05) is 96.5 Å². The number of nitro groups is 2. The highest BCUT2D eigenvalue weighted by Gasteiger charge is 2.32. The van der Waals surface area contributed by atoms with E-state index in [1.165, 1.54) is 39.0 Å². The Morgan fingerprint density at radius 2 is 0.929 bits per heavy atom. The Balaban J connectivity index is 0.000000422. The molecular weight excluding hydrogens is 1440 g/mol. The molecule has 0 unspecified atom stereocenters. The quantitative estimate of drug-likeness (QED) is 0.0163. The normalized spacial score (nSPS) is 14.6. The number of nitrogens with one attached hydrogen (secondary N) is 3. The van der Waals surface area contributed by atoms with Gasteiger partial charge >= 0.3 is 60.8 Å². The number of anilines is 2. The number of halogens is 5. The second kappa shape index (κ2) is 45.6. The Kier molecular flexibility index (Phi) is 40.0. The highest BCUT2D eigenvalue weighted by atomic mass is 35.6. The molecular formula is C59H77Cl5N10O22S2. The molecule has 4 fully saturated rings. The van der Waals surface area contributed by atoms with Crippen LogP contribution in [0.3, 0.4) is 0 Å². The molecule has 0 aliphatic carbocycles. The van der Waals surface area contributed by atoms with Crippen molar-refractivity contribution in [3.8, 4) is 11.5 Å². The minimum Gasteiger partial charge on any atom is -0.507 e. The van der Waals surface area contributed by atoms with Gasteiger partial charge in [-0.2, -0.15) is 0 Å². The zero-order chi connectivity index (χ0) is 72.2. The molecule has 5 amide bonds. The van der Waals surface area contributed by atoms with Crippen LogP contribution in [0.4, 0.5) is 39.4 Å². The average molecular weight is 1520 g/mol. The summed E-state index contributed by atoms with van der Waals surface area (Å²) in [6.07, 6.45) is 5.85. The third kappa shape index (κ3) is 31.7. The Morgan fingerprint density at radius 3 is 1.26 bits per heavy atom. The summed E-state index contributed by atoms with van der Waals surface area (Å²) in [4.78, 5) is 146. The first-order chi connectivity index (χ1) is 46.1. The van der Waals surface area contributed by atoms with Crippen LogP contribution in [0, 0.1) is 43.9 Å². The monoisotopic (exact) mass is 1520 g/mol. The number of ether oxygens (including phenoxy) is 7. The fourth-order valence-electron chi connectivity index (χ4n) is 8.83. The second-order valence-electron chi connectivity index (χ2n) is 20.1. The van der Waals surface area contributed by atoms with Gasteiger partial charge in [0.1, 0.15) is 23.9 Å². The summed E-state index contributed by atoms with van der Waals surface area (Å²) < 4.78 is 31.2. The summed E-state index contributed by atoms with van der Waals surface area (Å²) in [5, 5.41) is 37.6. The summed E-state index contributed by atoms with van der Waals surface area (Å²) in [6, 6.07) is 12.1. The zero-order valence-corrected chi connectivity index (χ0v) is 58.5. The first kappa shape index (κ1) is 86.1. The number of benzene rings is 2. The second-order valence-corrected chi connectivity index (χ2v) is 25.0. The van der Waals surface area contributed by atoms with Crippen molar-refractivity contribution in [2.45, 2.75) is 90.5 Å². The Morgan fingerprint density at radius 1 is 0.582 bits per heavy atom. The number of likely N-dealkylation sites (tertiary alicyclic amines) is 3. The number of para-hydroxylation sites is 2. The summed E-state index contributed by atoms with van der Waals surface area (Å²) in [5.74, 6) is -2.14. The van der Waals surface area contributed by atoms with Crippen LogP contribution in [0.5, 0.6) is 11.5 Å². The fraction of sp³-hybridized carbons (Fsp3) is 0.525. The number of carbonyl (C=O) groups is 10. The summed E-state index contributed by atoms with van der Waals surface area (Å²) in [6.45, 7) is 13.6. The standard InChI is InChI=1S/C19H20N4O7S.C10H7N3O4S.2C9H14ClNO3.C8H15NO2.C3H3Cl3O3.CH4/c1-2-29-17(25)12-7-9-22(10-8-12)19(26)30-14-6-4-3-5-13(14)16(24)21-18-20-11-15(31-18)23(27)28;14-7-4-2-1-3-6(7)9(15)12-10-11-5-8(18-10)13(16)17;2*1-2-14-8(12)7-3-5-11(6-4-7)9(10)13;1-2-11-8(10)7-3-5-9-6-4-7;1-8-2(7)9-3(4,5)6;/h3-6,11-12H,2,7-10H2,1H3,(H,20,21,24);1-5,14H,(H,11,12,15);2*7H,2-6H2,1H3;7,9H,2-6H2,1H3;1H3;1H4. The molecule has 4 N–H and O–H groups in total. The zero-order valence-electron chi connectivity index (χ0n) is 53.1. The van der Waals surface area contributed by atoms with Gasteiger partial charge in [-0.3, -0.25) is 69.2 Å². The maximum atomic E-state index is 12.6. The molecule has 0 atom stereocenters. The van der Waals surface area contributed by atoms with Crippen LogP contribution in [0.1, 0.15) is 107 Å². The van der Waals surface area contributed by atoms with Gasteiger partial charge in [0.05, 0.1) is 78.2 Å². The molecule has 4 aromatic rings. The Hall–Kier alpha value is -7.99. The highest BCUT2D eigenvalue weighted by molar-refractivity contribution is 7.19. The number of phenols is 1. The molecule has 39 heteroatoms. The lowest BCUT2D eigenvalue weighted by Crippen LogP contribution is -2.42. The molecule has 542 valence electrons. The molecule has 32 nitrogen and oxygen atoms in total. The van der Waals surface area contributed by atoms with Crippen molar-refractivity contribution in [2.24, 2.45) is 23.7 Å². The van der Waals surface area contributed by atoms with E-state index in [9.17, 15) is 73.3 Å². The largest absolute Gasteiger partial charge is 0.511 e. The van der Waals surface area contributed by atoms with Gasteiger partial charge in [0.25, 0.3) is 11.8 Å². The number of rotatable bonds is 15. The molecule has 0 radical (unpaired) electrons. The van der Waals surface area contributed by atoms with E-state index in [0.717, 1.165) is 56.8 Å².